The third kappa shape index (κ3) is 3.32. The average Bonchev–Trinajstić information content (AvgIpc) is 3.30. The number of amides is 1. The summed E-state index contributed by atoms with van der Waals surface area (Å²) in [5.74, 6) is 2.18. The molecule has 0 N–H and O–H groups in total. The van der Waals surface area contributed by atoms with Gasteiger partial charge in [0.1, 0.15) is 5.82 Å². The third-order valence-electron chi connectivity index (χ3n) is 5.79. The summed E-state index contributed by atoms with van der Waals surface area (Å²) in [5.41, 5.74) is 2.39. The Balaban J connectivity index is 1.23. The lowest BCUT2D eigenvalue weighted by atomic mass is 9.94. The summed E-state index contributed by atoms with van der Waals surface area (Å²) >= 11 is 0. The molecule has 0 saturated heterocycles. The Kier molecular flexibility index (Phi) is 4.43. The van der Waals surface area contributed by atoms with Crippen LogP contribution in [0.2, 0.25) is 0 Å². The molecule has 2 aliphatic heterocycles. The minimum absolute atomic E-state index is 0.0659. The summed E-state index contributed by atoms with van der Waals surface area (Å²) in [4.78, 5) is 19.8. The molecule has 0 spiro atoms. The van der Waals surface area contributed by atoms with Crippen molar-refractivity contribution in [2.75, 3.05) is 13.1 Å². The van der Waals surface area contributed by atoms with Crippen molar-refractivity contribution < 1.29 is 4.79 Å². The van der Waals surface area contributed by atoms with Gasteiger partial charge in [-0.15, -0.1) is 0 Å². The Morgan fingerprint density at radius 3 is 2.82 bits per heavy atom. The van der Waals surface area contributed by atoms with E-state index in [1.165, 1.54) is 11.3 Å². The van der Waals surface area contributed by atoms with Gasteiger partial charge in [-0.2, -0.15) is 10.2 Å². The van der Waals surface area contributed by atoms with Crippen molar-refractivity contribution in [1.82, 2.24) is 29.4 Å². The molecule has 5 rings (SSSR count). The van der Waals surface area contributed by atoms with Gasteiger partial charge in [-0.25, -0.2) is 9.67 Å². The molecule has 0 saturated carbocycles. The van der Waals surface area contributed by atoms with E-state index in [-0.39, 0.29) is 11.8 Å². The van der Waals surface area contributed by atoms with Crippen molar-refractivity contribution in [3.8, 4) is 0 Å². The van der Waals surface area contributed by atoms with Gasteiger partial charge >= 0.3 is 0 Å². The quantitative estimate of drug-likeness (QED) is 0.698. The van der Waals surface area contributed by atoms with E-state index in [1.54, 1.807) is 0 Å². The van der Waals surface area contributed by atoms with E-state index in [4.69, 9.17) is 10.1 Å². The van der Waals surface area contributed by atoms with E-state index in [9.17, 15) is 4.79 Å². The lowest BCUT2D eigenvalue weighted by molar-refractivity contribution is -0.136. The summed E-state index contributed by atoms with van der Waals surface area (Å²) in [6.45, 7) is 2.97. The number of fused-ring (bicyclic) bond motifs is 2. The summed E-state index contributed by atoms with van der Waals surface area (Å²) in [7, 11) is 0. The van der Waals surface area contributed by atoms with E-state index in [1.807, 2.05) is 44.7 Å². The second-order valence-electron chi connectivity index (χ2n) is 7.64. The van der Waals surface area contributed by atoms with Gasteiger partial charge in [-0.05, 0) is 18.1 Å². The Labute approximate surface area is 164 Å². The standard InChI is InChI=1S/C21H24N6O/c28-21(17-7-11-26-18(15-17)6-9-22-26)25-10-8-20-23-19(24-27(20)13-12-25)14-16-4-2-1-3-5-16/h1-6,9,17H,7-8,10-15H2. The second kappa shape index (κ2) is 7.22. The first-order valence-electron chi connectivity index (χ1n) is 10.0. The molecule has 4 heterocycles. The van der Waals surface area contributed by atoms with Crippen molar-refractivity contribution in [2.24, 2.45) is 5.92 Å². The Hall–Kier alpha value is -2.96. The highest BCUT2D eigenvalue weighted by Gasteiger charge is 2.30. The average molecular weight is 376 g/mol. The predicted octanol–water partition coefficient (Wildman–Crippen LogP) is 1.71. The highest BCUT2D eigenvalue weighted by Crippen LogP contribution is 2.22. The Bertz CT molecular complexity index is 950. The molecule has 0 radical (unpaired) electrons. The normalized spacial score (nSPS) is 19.0. The van der Waals surface area contributed by atoms with Gasteiger partial charge in [-0.1, -0.05) is 30.3 Å². The maximum Gasteiger partial charge on any atom is 0.226 e. The van der Waals surface area contributed by atoms with Crippen molar-refractivity contribution in [3.05, 3.63) is 65.5 Å². The smallest absolute Gasteiger partial charge is 0.226 e. The van der Waals surface area contributed by atoms with E-state index >= 15 is 0 Å². The number of hydrogen-bond donors (Lipinski definition) is 0. The van der Waals surface area contributed by atoms with Crippen LogP contribution in [0, 0.1) is 5.92 Å². The minimum Gasteiger partial charge on any atom is -0.340 e. The second-order valence-corrected chi connectivity index (χ2v) is 7.64. The number of aryl methyl sites for hydroxylation is 1. The topological polar surface area (TPSA) is 68.8 Å². The van der Waals surface area contributed by atoms with Gasteiger partial charge in [0.15, 0.2) is 5.82 Å². The largest absolute Gasteiger partial charge is 0.340 e. The van der Waals surface area contributed by atoms with Crippen molar-refractivity contribution in [2.45, 2.75) is 38.8 Å². The molecule has 0 fully saturated rings. The van der Waals surface area contributed by atoms with Gasteiger partial charge in [0.2, 0.25) is 5.91 Å². The Morgan fingerprint density at radius 2 is 1.93 bits per heavy atom. The fourth-order valence-electron chi connectivity index (χ4n) is 4.26. The molecule has 0 aliphatic carbocycles. The van der Waals surface area contributed by atoms with Crippen LogP contribution in [-0.2, 0) is 37.1 Å². The van der Waals surface area contributed by atoms with Crippen LogP contribution in [-0.4, -0.2) is 48.4 Å². The first kappa shape index (κ1) is 17.2. The molecule has 2 aromatic heterocycles. The molecular weight excluding hydrogens is 352 g/mol. The SMILES string of the molecule is O=C(C1CCn2nccc2C1)N1CCc2nc(Cc3ccccc3)nn2CC1. The van der Waals surface area contributed by atoms with Gasteiger partial charge in [0.05, 0.1) is 6.54 Å². The van der Waals surface area contributed by atoms with Crippen molar-refractivity contribution >= 4 is 5.91 Å². The van der Waals surface area contributed by atoms with Gasteiger partial charge in [0, 0.05) is 56.7 Å². The molecule has 1 aromatic carbocycles. The van der Waals surface area contributed by atoms with Gasteiger partial charge in [0.25, 0.3) is 0 Å². The molecule has 144 valence electrons. The van der Waals surface area contributed by atoms with Crippen molar-refractivity contribution in [3.63, 3.8) is 0 Å². The van der Waals surface area contributed by atoms with Crippen LogP contribution >= 0.6 is 0 Å². The first-order valence-corrected chi connectivity index (χ1v) is 10.0. The minimum atomic E-state index is 0.0659. The lowest BCUT2D eigenvalue weighted by Crippen LogP contribution is -2.40. The van der Waals surface area contributed by atoms with Crippen LogP contribution in [0.15, 0.2) is 42.6 Å². The van der Waals surface area contributed by atoms with Crippen molar-refractivity contribution in [1.29, 1.82) is 0 Å². The Morgan fingerprint density at radius 1 is 1.04 bits per heavy atom. The number of hydrogen-bond acceptors (Lipinski definition) is 4. The highest BCUT2D eigenvalue weighted by atomic mass is 16.2. The summed E-state index contributed by atoms with van der Waals surface area (Å²) in [5, 5.41) is 9.00. The number of aromatic nitrogens is 5. The zero-order valence-electron chi connectivity index (χ0n) is 15.9. The number of carbonyl (C=O) groups is 1. The number of benzene rings is 1. The number of carbonyl (C=O) groups excluding carboxylic acids is 1. The fraction of sp³-hybridized carbons (Fsp3) is 0.429. The predicted molar refractivity (Wildman–Crippen MR) is 104 cm³/mol. The zero-order chi connectivity index (χ0) is 18.9. The third-order valence-corrected chi connectivity index (χ3v) is 5.79. The van der Waals surface area contributed by atoms with Gasteiger partial charge in [-0.3, -0.25) is 9.48 Å². The number of rotatable bonds is 3. The van der Waals surface area contributed by atoms with E-state index in [2.05, 4.69) is 17.2 Å². The molecule has 1 unspecified atom stereocenters. The maximum absolute atomic E-state index is 13.1. The first-order chi connectivity index (χ1) is 13.8. The van der Waals surface area contributed by atoms with E-state index < -0.39 is 0 Å². The van der Waals surface area contributed by atoms with Crippen LogP contribution in [0.1, 0.15) is 29.3 Å². The number of nitrogens with zero attached hydrogens (tertiary/aromatic N) is 6. The molecule has 28 heavy (non-hydrogen) atoms. The molecule has 1 atom stereocenters. The monoisotopic (exact) mass is 376 g/mol. The highest BCUT2D eigenvalue weighted by molar-refractivity contribution is 5.79. The molecule has 2 aliphatic rings. The molecule has 3 aromatic rings. The van der Waals surface area contributed by atoms with Crippen LogP contribution in [0.25, 0.3) is 0 Å². The lowest BCUT2D eigenvalue weighted by Gasteiger charge is -2.28. The van der Waals surface area contributed by atoms with Crippen LogP contribution in [0.4, 0.5) is 0 Å². The fourth-order valence-corrected chi connectivity index (χ4v) is 4.26. The summed E-state index contributed by atoms with van der Waals surface area (Å²) in [6.07, 6.45) is 5.00. The molecular formula is C21H24N6O. The van der Waals surface area contributed by atoms with E-state index in [0.29, 0.717) is 13.1 Å². The maximum atomic E-state index is 13.1. The van der Waals surface area contributed by atoms with Gasteiger partial charge < -0.3 is 4.90 Å². The molecule has 7 nitrogen and oxygen atoms in total. The van der Waals surface area contributed by atoms with Crippen LogP contribution < -0.4 is 0 Å². The molecule has 1 amide bonds. The van der Waals surface area contributed by atoms with Crippen LogP contribution in [0.5, 0.6) is 0 Å². The zero-order valence-corrected chi connectivity index (χ0v) is 15.9. The molecule has 0 bridgehead atoms. The molecule has 7 heteroatoms. The van der Waals surface area contributed by atoms with Crippen LogP contribution in [0.3, 0.4) is 0 Å². The summed E-state index contributed by atoms with van der Waals surface area (Å²) < 4.78 is 4.00. The van der Waals surface area contributed by atoms with E-state index in [0.717, 1.165) is 50.4 Å². The summed E-state index contributed by atoms with van der Waals surface area (Å²) in [6, 6.07) is 12.3.